The molecule has 7 nitrogen and oxygen atoms in total. The molecule has 0 saturated carbocycles. The number of carboxylic acids is 1. The summed E-state index contributed by atoms with van der Waals surface area (Å²) in [7, 11) is -4.23. The first-order chi connectivity index (χ1) is 13.8. The Hall–Kier alpha value is -3.78. The van der Waals surface area contributed by atoms with Gasteiger partial charge in [0.15, 0.2) is 11.6 Å². The van der Waals surface area contributed by atoms with Crippen molar-refractivity contribution < 1.29 is 27.9 Å². The largest absolute Gasteiger partial charge is 0.545 e. The molecule has 3 aromatic rings. The van der Waals surface area contributed by atoms with Crippen molar-refractivity contribution >= 4 is 33.2 Å². The highest BCUT2D eigenvalue weighted by molar-refractivity contribution is 7.92. The van der Waals surface area contributed by atoms with Crippen LogP contribution in [0.1, 0.15) is 42.2 Å². The van der Waals surface area contributed by atoms with Gasteiger partial charge >= 0.3 is 0 Å². The van der Waals surface area contributed by atoms with E-state index in [2.05, 4.69) is 4.72 Å². The van der Waals surface area contributed by atoms with Crippen molar-refractivity contribution in [1.82, 2.24) is 0 Å². The van der Waals surface area contributed by atoms with Crippen LogP contribution in [0.15, 0.2) is 71.6 Å². The number of carboxylic acid groups (broad SMARTS) is 1. The highest BCUT2D eigenvalue weighted by Crippen LogP contribution is 2.29. The maximum atomic E-state index is 12.8. The molecule has 4 rings (SSSR count). The lowest BCUT2D eigenvalue weighted by Crippen LogP contribution is -2.25. The molecule has 3 aromatic carbocycles. The minimum Gasteiger partial charge on any atom is -0.545 e. The zero-order valence-corrected chi connectivity index (χ0v) is 15.5. The molecule has 8 heteroatoms. The van der Waals surface area contributed by atoms with Crippen molar-refractivity contribution in [1.29, 1.82) is 0 Å². The van der Waals surface area contributed by atoms with Crippen molar-refractivity contribution in [2.75, 3.05) is 4.72 Å². The van der Waals surface area contributed by atoms with Gasteiger partial charge < -0.3 is 9.90 Å². The standard InChI is InChI=1S/C21H13NO6S/c23-19-13-5-1-2-6-14(13)20(24)17-11-12(9-10-15(17)19)29(27,28)22-18-8-4-3-7-16(18)21(25)26/h1-11,22H,(H,25,26)/p-1. The van der Waals surface area contributed by atoms with E-state index in [-0.39, 0.29) is 44.2 Å². The van der Waals surface area contributed by atoms with Crippen molar-refractivity contribution in [3.63, 3.8) is 0 Å². The second kappa shape index (κ2) is 6.68. The molecule has 1 aliphatic carbocycles. The second-order valence-corrected chi connectivity index (χ2v) is 8.03. The van der Waals surface area contributed by atoms with E-state index in [1.165, 1.54) is 42.5 Å². The highest BCUT2D eigenvalue weighted by Gasteiger charge is 2.30. The quantitative estimate of drug-likeness (QED) is 0.550. The maximum Gasteiger partial charge on any atom is 0.261 e. The third kappa shape index (κ3) is 3.09. The normalized spacial score (nSPS) is 12.8. The van der Waals surface area contributed by atoms with Crippen LogP contribution in [-0.4, -0.2) is 26.0 Å². The van der Waals surface area contributed by atoms with Gasteiger partial charge in [-0.25, -0.2) is 8.42 Å². The number of ketones is 2. The van der Waals surface area contributed by atoms with Crippen molar-refractivity contribution in [3.05, 3.63) is 94.5 Å². The van der Waals surface area contributed by atoms with Crippen molar-refractivity contribution in [2.45, 2.75) is 4.90 Å². The number of sulfonamides is 1. The van der Waals surface area contributed by atoms with Crippen LogP contribution in [0.4, 0.5) is 5.69 Å². The molecule has 0 heterocycles. The highest BCUT2D eigenvalue weighted by atomic mass is 32.2. The van der Waals surface area contributed by atoms with E-state index in [9.17, 15) is 27.9 Å². The van der Waals surface area contributed by atoms with E-state index in [0.717, 1.165) is 6.07 Å². The maximum absolute atomic E-state index is 12.8. The van der Waals surface area contributed by atoms with Gasteiger partial charge in [-0.2, -0.15) is 0 Å². The summed E-state index contributed by atoms with van der Waals surface area (Å²) in [6.07, 6.45) is 0. The number of hydrogen-bond acceptors (Lipinski definition) is 6. The average Bonchev–Trinajstić information content (AvgIpc) is 2.71. The Balaban J connectivity index is 1.77. The van der Waals surface area contributed by atoms with E-state index in [4.69, 9.17) is 0 Å². The summed E-state index contributed by atoms with van der Waals surface area (Å²) in [5, 5.41) is 11.2. The first kappa shape index (κ1) is 18.6. The van der Waals surface area contributed by atoms with E-state index in [1.807, 2.05) is 0 Å². The lowest BCUT2D eigenvalue weighted by atomic mass is 9.84. The summed E-state index contributed by atoms with van der Waals surface area (Å²) in [6, 6.07) is 15.3. The Labute approximate surface area is 165 Å². The van der Waals surface area contributed by atoms with E-state index in [1.54, 1.807) is 18.2 Å². The van der Waals surface area contributed by atoms with E-state index < -0.39 is 21.8 Å². The van der Waals surface area contributed by atoms with Gasteiger partial charge in [0.1, 0.15) is 0 Å². The molecule has 0 fully saturated rings. The first-order valence-electron chi connectivity index (χ1n) is 8.45. The van der Waals surface area contributed by atoms with E-state index >= 15 is 0 Å². The van der Waals surface area contributed by atoms with Crippen molar-refractivity contribution in [3.8, 4) is 0 Å². The summed E-state index contributed by atoms with van der Waals surface area (Å²) in [6.45, 7) is 0. The molecular formula is C21H12NO6S-. The average molecular weight is 406 g/mol. The molecule has 0 unspecified atom stereocenters. The fraction of sp³-hybridized carbons (Fsp3) is 0. The van der Waals surface area contributed by atoms with Gasteiger partial charge in [0, 0.05) is 27.8 Å². The monoisotopic (exact) mass is 406 g/mol. The number of hydrogen-bond donors (Lipinski definition) is 1. The van der Waals surface area contributed by atoms with Crippen LogP contribution in [0.2, 0.25) is 0 Å². The predicted octanol–water partition coefficient (Wildman–Crippen LogP) is 1.63. The number of anilines is 1. The summed E-state index contributed by atoms with van der Waals surface area (Å²) < 4.78 is 27.7. The summed E-state index contributed by atoms with van der Waals surface area (Å²) >= 11 is 0. The molecule has 1 N–H and O–H groups in total. The lowest BCUT2D eigenvalue weighted by Gasteiger charge is -2.18. The molecule has 0 aliphatic heterocycles. The molecule has 144 valence electrons. The van der Waals surface area contributed by atoms with Crippen molar-refractivity contribution in [2.24, 2.45) is 0 Å². The van der Waals surface area contributed by atoms with Gasteiger partial charge in [0.05, 0.1) is 16.6 Å². The fourth-order valence-corrected chi connectivity index (χ4v) is 4.31. The van der Waals surface area contributed by atoms with Gasteiger partial charge in [-0.05, 0) is 24.3 Å². The van der Waals surface area contributed by atoms with Gasteiger partial charge in [0.25, 0.3) is 10.0 Å². The van der Waals surface area contributed by atoms with Crippen LogP contribution in [0.3, 0.4) is 0 Å². The van der Waals surface area contributed by atoms with Gasteiger partial charge in [-0.1, -0.05) is 42.5 Å². The van der Waals surface area contributed by atoms with Crippen LogP contribution in [0, 0.1) is 0 Å². The third-order valence-electron chi connectivity index (χ3n) is 4.60. The Bertz CT molecular complexity index is 1310. The fourth-order valence-electron chi connectivity index (χ4n) is 3.20. The Kier molecular flexibility index (Phi) is 4.28. The molecule has 0 amide bonds. The summed E-state index contributed by atoms with van der Waals surface area (Å²) in [5.74, 6) is -2.36. The number of rotatable bonds is 4. The second-order valence-electron chi connectivity index (χ2n) is 6.35. The minimum atomic E-state index is -4.23. The van der Waals surface area contributed by atoms with Crippen LogP contribution in [-0.2, 0) is 10.0 Å². The Morgan fingerprint density at radius 1 is 0.759 bits per heavy atom. The molecule has 0 aromatic heterocycles. The van der Waals surface area contributed by atoms with Gasteiger partial charge in [0.2, 0.25) is 0 Å². The van der Waals surface area contributed by atoms with Gasteiger partial charge in [-0.3, -0.25) is 14.3 Å². The Morgan fingerprint density at radius 2 is 1.31 bits per heavy atom. The SMILES string of the molecule is O=C([O-])c1ccccc1NS(=O)(=O)c1ccc2c(c1)C(=O)c1ccccc1C2=O. The molecule has 0 spiro atoms. The van der Waals surface area contributed by atoms with Crippen LogP contribution in [0.5, 0.6) is 0 Å². The number of aromatic carboxylic acids is 1. The summed E-state index contributed by atoms with van der Waals surface area (Å²) in [5.41, 5.74) is 0.0659. The molecule has 29 heavy (non-hydrogen) atoms. The molecule has 0 bridgehead atoms. The number of fused-ring (bicyclic) bond motifs is 2. The van der Waals surface area contributed by atoms with Crippen LogP contribution >= 0.6 is 0 Å². The number of carbonyl (C=O) groups excluding carboxylic acids is 3. The van der Waals surface area contributed by atoms with Gasteiger partial charge in [-0.15, -0.1) is 0 Å². The minimum absolute atomic E-state index is 0.0234. The lowest BCUT2D eigenvalue weighted by molar-refractivity contribution is -0.254. The number of nitrogens with one attached hydrogen (secondary N) is 1. The smallest absolute Gasteiger partial charge is 0.261 e. The van der Waals surface area contributed by atoms with E-state index in [0.29, 0.717) is 0 Å². The number of para-hydroxylation sites is 1. The molecule has 0 radical (unpaired) electrons. The molecule has 0 saturated heterocycles. The summed E-state index contributed by atoms with van der Waals surface area (Å²) in [4.78, 5) is 36.3. The zero-order valence-electron chi connectivity index (χ0n) is 14.7. The first-order valence-corrected chi connectivity index (χ1v) is 9.93. The zero-order chi connectivity index (χ0) is 20.8. The van der Waals surface area contributed by atoms with Crippen LogP contribution in [0.25, 0.3) is 0 Å². The number of carbonyl (C=O) groups is 3. The molecular weight excluding hydrogens is 394 g/mol. The third-order valence-corrected chi connectivity index (χ3v) is 5.96. The molecule has 0 atom stereocenters. The topological polar surface area (TPSA) is 120 Å². The molecule has 1 aliphatic rings. The van der Waals surface area contributed by atoms with Crippen LogP contribution < -0.4 is 9.83 Å². The predicted molar refractivity (Wildman–Crippen MR) is 101 cm³/mol. The number of benzene rings is 3. The Morgan fingerprint density at radius 3 is 1.97 bits per heavy atom.